The molecule has 136 valence electrons. The summed E-state index contributed by atoms with van der Waals surface area (Å²) in [5.41, 5.74) is 1.94. The molecule has 5 unspecified atom stereocenters. The third kappa shape index (κ3) is 1.83. The van der Waals surface area contributed by atoms with Crippen LogP contribution in [0.3, 0.4) is 0 Å². The van der Waals surface area contributed by atoms with Crippen LogP contribution in [0, 0.1) is 39.9 Å². The molecule has 1 N–H and O–H groups in total. The number of ketones is 1. The van der Waals surface area contributed by atoms with Crippen molar-refractivity contribution >= 4 is 5.78 Å². The van der Waals surface area contributed by atoms with E-state index in [0.29, 0.717) is 29.1 Å². The summed E-state index contributed by atoms with van der Waals surface area (Å²) in [4.78, 5) is 12.1. The van der Waals surface area contributed by atoms with Crippen molar-refractivity contribution in [2.75, 3.05) is 0 Å². The van der Waals surface area contributed by atoms with Crippen LogP contribution in [0.25, 0.3) is 0 Å². The molecule has 0 aromatic heterocycles. The molecule has 0 aromatic carbocycles. The number of allylic oxidation sites excluding steroid dienone is 2. The first-order valence-electron chi connectivity index (χ1n) is 10.4. The smallest absolute Gasteiger partial charge is 0.155 e. The van der Waals surface area contributed by atoms with E-state index in [4.69, 9.17) is 0 Å². The fraction of sp³-hybridized carbons (Fsp3) is 0.783. The number of carbonyl (C=O) groups excluding carboxylic acids is 1. The molecule has 0 bridgehead atoms. The molecular weight excluding hydrogens is 308 g/mol. The van der Waals surface area contributed by atoms with Crippen LogP contribution in [0.1, 0.15) is 65.2 Å². The van der Waals surface area contributed by atoms with Gasteiger partial charge in [-0.05, 0) is 91.1 Å². The van der Waals surface area contributed by atoms with Crippen LogP contribution < -0.4 is 0 Å². The maximum atomic E-state index is 12.1. The van der Waals surface area contributed by atoms with Crippen molar-refractivity contribution in [3.05, 3.63) is 24.3 Å². The van der Waals surface area contributed by atoms with Crippen molar-refractivity contribution in [3.8, 4) is 0 Å². The Balaban J connectivity index is 1.57. The van der Waals surface area contributed by atoms with E-state index in [0.717, 1.165) is 30.3 Å². The summed E-state index contributed by atoms with van der Waals surface area (Å²) in [5.74, 6) is 2.93. The van der Waals surface area contributed by atoms with Crippen LogP contribution >= 0.6 is 0 Å². The summed E-state index contributed by atoms with van der Waals surface area (Å²) in [5, 5.41) is 11.1. The summed E-state index contributed by atoms with van der Waals surface area (Å²) < 4.78 is 0. The zero-order chi connectivity index (χ0) is 17.6. The second-order valence-electron chi connectivity index (χ2n) is 10.3. The molecule has 0 aromatic rings. The van der Waals surface area contributed by atoms with Gasteiger partial charge in [0, 0.05) is 11.8 Å². The molecule has 0 amide bonds. The van der Waals surface area contributed by atoms with Crippen molar-refractivity contribution < 1.29 is 9.90 Å². The SMILES string of the molecule is C=C[C@H]1CCC2C3CC(O)C4=CC(=O)CC[C@@]45CC5(C)C3CC[C@@]21C. The average molecular weight is 341 g/mol. The Morgan fingerprint density at radius 1 is 1.20 bits per heavy atom. The minimum atomic E-state index is -0.397. The lowest BCUT2D eigenvalue weighted by molar-refractivity contribution is -0.115. The topological polar surface area (TPSA) is 37.3 Å². The number of hydrogen-bond donors (Lipinski definition) is 1. The average Bonchev–Trinajstić information content (AvgIpc) is 3.02. The molecule has 5 aliphatic carbocycles. The molecule has 0 heterocycles. The number of aliphatic hydroxyl groups is 1. The van der Waals surface area contributed by atoms with Crippen LogP contribution in [0.2, 0.25) is 0 Å². The maximum Gasteiger partial charge on any atom is 0.155 e. The van der Waals surface area contributed by atoms with E-state index in [-0.39, 0.29) is 11.2 Å². The number of aliphatic hydroxyl groups excluding tert-OH is 1. The lowest BCUT2D eigenvalue weighted by atomic mass is 9.54. The molecule has 2 heteroatoms. The number of rotatable bonds is 1. The predicted octanol–water partition coefficient (Wildman–Crippen LogP) is 4.68. The van der Waals surface area contributed by atoms with Gasteiger partial charge in [0.05, 0.1) is 6.10 Å². The molecule has 5 rings (SSSR count). The molecule has 25 heavy (non-hydrogen) atoms. The highest BCUT2D eigenvalue weighted by Crippen LogP contribution is 2.80. The molecule has 0 aliphatic heterocycles. The fourth-order valence-corrected chi connectivity index (χ4v) is 8.37. The number of fused-ring (bicyclic) bond motifs is 4. The van der Waals surface area contributed by atoms with Gasteiger partial charge in [0.2, 0.25) is 0 Å². The van der Waals surface area contributed by atoms with E-state index >= 15 is 0 Å². The van der Waals surface area contributed by atoms with E-state index in [9.17, 15) is 9.90 Å². The first-order valence-corrected chi connectivity index (χ1v) is 10.4. The summed E-state index contributed by atoms with van der Waals surface area (Å²) in [7, 11) is 0. The van der Waals surface area contributed by atoms with Gasteiger partial charge in [-0.15, -0.1) is 6.58 Å². The third-order valence-electron chi connectivity index (χ3n) is 9.77. The Hall–Kier alpha value is -0.890. The van der Waals surface area contributed by atoms with Gasteiger partial charge in [0.15, 0.2) is 5.78 Å². The van der Waals surface area contributed by atoms with Gasteiger partial charge in [-0.2, -0.15) is 0 Å². The minimum absolute atomic E-state index is 0.143. The third-order valence-corrected chi connectivity index (χ3v) is 9.77. The lowest BCUT2D eigenvalue weighted by Crippen LogP contribution is -2.44. The second-order valence-corrected chi connectivity index (χ2v) is 10.3. The van der Waals surface area contributed by atoms with Crippen LogP contribution in [-0.2, 0) is 4.79 Å². The summed E-state index contributed by atoms with van der Waals surface area (Å²) in [6.07, 6.45) is 12.6. The van der Waals surface area contributed by atoms with E-state index in [1.54, 1.807) is 0 Å². The lowest BCUT2D eigenvalue weighted by Gasteiger charge is -2.50. The van der Waals surface area contributed by atoms with Gasteiger partial charge >= 0.3 is 0 Å². The Labute approximate surface area is 151 Å². The maximum absolute atomic E-state index is 12.1. The van der Waals surface area contributed by atoms with Gasteiger partial charge in [0.1, 0.15) is 0 Å². The zero-order valence-corrected chi connectivity index (χ0v) is 15.8. The molecule has 2 nitrogen and oxygen atoms in total. The predicted molar refractivity (Wildman–Crippen MR) is 98.8 cm³/mol. The van der Waals surface area contributed by atoms with Gasteiger partial charge in [0.25, 0.3) is 0 Å². The summed E-state index contributed by atoms with van der Waals surface area (Å²) in [6.45, 7) is 9.10. The van der Waals surface area contributed by atoms with E-state index in [2.05, 4.69) is 26.5 Å². The Kier molecular flexibility index (Phi) is 3.18. The van der Waals surface area contributed by atoms with Gasteiger partial charge in [-0.25, -0.2) is 0 Å². The standard InChI is InChI=1S/C23H32O2/c1-4-14-5-6-17-16-12-20(25)19-11-15(24)7-10-23(19)13-22(23,3)18(16)8-9-21(14,17)2/h4,11,14,16-18,20,25H,1,5-10,12-13H2,2-3H3/t14-,16?,17?,18?,20?,21+,22?,23+/m0/s1. The van der Waals surface area contributed by atoms with Crippen molar-refractivity contribution in [3.63, 3.8) is 0 Å². The first-order chi connectivity index (χ1) is 11.9. The van der Waals surface area contributed by atoms with Gasteiger partial charge in [-0.3, -0.25) is 4.79 Å². The fourth-order valence-electron chi connectivity index (χ4n) is 8.37. The van der Waals surface area contributed by atoms with Crippen molar-refractivity contribution in [1.29, 1.82) is 0 Å². The van der Waals surface area contributed by atoms with Gasteiger partial charge < -0.3 is 5.11 Å². The molecule has 5 aliphatic rings. The van der Waals surface area contributed by atoms with E-state index in [1.165, 1.54) is 32.1 Å². The highest BCUT2D eigenvalue weighted by Gasteiger charge is 2.73. The molecule has 1 spiro atoms. The Morgan fingerprint density at radius 2 is 2.00 bits per heavy atom. The number of carbonyl (C=O) groups is 1. The van der Waals surface area contributed by atoms with Crippen LogP contribution in [0.15, 0.2) is 24.3 Å². The highest BCUT2D eigenvalue weighted by molar-refractivity contribution is 5.92. The number of hydrogen-bond acceptors (Lipinski definition) is 2. The first kappa shape index (κ1) is 16.3. The van der Waals surface area contributed by atoms with Gasteiger partial charge in [-0.1, -0.05) is 19.9 Å². The molecule has 4 fully saturated rings. The molecule has 0 radical (unpaired) electrons. The summed E-state index contributed by atoms with van der Waals surface area (Å²) in [6, 6.07) is 0. The largest absolute Gasteiger partial charge is 0.389 e. The van der Waals surface area contributed by atoms with Crippen LogP contribution in [-0.4, -0.2) is 17.0 Å². The Bertz CT molecular complexity index is 678. The molecular formula is C23H32O2. The molecule has 0 saturated heterocycles. The van der Waals surface area contributed by atoms with E-state index < -0.39 is 6.10 Å². The minimum Gasteiger partial charge on any atom is -0.389 e. The normalized spacial score (nSPS) is 56.7. The quantitative estimate of drug-likeness (QED) is 0.704. The zero-order valence-electron chi connectivity index (χ0n) is 15.8. The van der Waals surface area contributed by atoms with Crippen LogP contribution in [0.4, 0.5) is 0 Å². The summed E-state index contributed by atoms with van der Waals surface area (Å²) >= 11 is 0. The van der Waals surface area contributed by atoms with Crippen LogP contribution in [0.5, 0.6) is 0 Å². The van der Waals surface area contributed by atoms with E-state index in [1.807, 2.05) is 6.08 Å². The second kappa shape index (κ2) is 4.88. The van der Waals surface area contributed by atoms with Crippen molar-refractivity contribution in [2.45, 2.75) is 71.3 Å². The Morgan fingerprint density at radius 3 is 2.76 bits per heavy atom. The van der Waals surface area contributed by atoms with Crippen molar-refractivity contribution in [2.24, 2.45) is 39.9 Å². The van der Waals surface area contributed by atoms with Crippen molar-refractivity contribution in [1.82, 2.24) is 0 Å². The molecule has 4 saturated carbocycles. The highest BCUT2D eigenvalue weighted by atomic mass is 16.3. The molecule has 8 atom stereocenters. The monoisotopic (exact) mass is 340 g/mol.